The molecule has 3 aromatic carbocycles. The van der Waals surface area contributed by atoms with Crippen molar-refractivity contribution in [1.29, 1.82) is 0 Å². The van der Waals surface area contributed by atoms with E-state index in [-0.39, 0.29) is 17.7 Å². The number of benzene rings is 3. The highest BCUT2D eigenvalue weighted by atomic mass is 16.2. The molecule has 0 spiro atoms. The summed E-state index contributed by atoms with van der Waals surface area (Å²) in [6.07, 6.45) is 2.26. The Hall–Kier alpha value is -4.71. The van der Waals surface area contributed by atoms with Crippen LogP contribution >= 0.6 is 0 Å². The van der Waals surface area contributed by atoms with Crippen LogP contribution in [0.25, 0.3) is 22.2 Å². The van der Waals surface area contributed by atoms with E-state index >= 15 is 0 Å². The highest BCUT2D eigenvalue weighted by molar-refractivity contribution is 6.04. The van der Waals surface area contributed by atoms with Gasteiger partial charge in [0.15, 0.2) is 0 Å². The van der Waals surface area contributed by atoms with Crippen molar-refractivity contribution in [3.05, 3.63) is 126 Å². The van der Waals surface area contributed by atoms with Gasteiger partial charge < -0.3 is 14.8 Å². The summed E-state index contributed by atoms with van der Waals surface area (Å²) in [5.74, 6) is -0.0907. The molecule has 6 nitrogen and oxygen atoms in total. The average Bonchev–Trinajstić information content (AvgIpc) is 3.46. The molecular weight excluding hydrogens is 508 g/mol. The van der Waals surface area contributed by atoms with E-state index in [0.29, 0.717) is 18.5 Å². The Morgan fingerprint density at radius 3 is 2.37 bits per heavy atom. The zero-order valence-corrected chi connectivity index (χ0v) is 23.6. The number of aryl methyl sites for hydroxylation is 1. The molecule has 6 heteroatoms. The van der Waals surface area contributed by atoms with Crippen molar-refractivity contribution < 1.29 is 9.59 Å². The summed E-state index contributed by atoms with van der Waals surface area (Å²) >= 11 is 0. The summed E-state index contributed by atoms with van der Waals surface area (Å²) in [5.41, 5.74) is 6.59. The van der Waals surface area contributed by atoms with Crippen LogP contribution in [-0.2, 0) is 18.4 Å². The van der Waals surface area contributed by atoms with Gasteiger partial charge in [0.1, 0.15) is 6.04 Å². The maximum Gasteiger partial charge on any atom is 0.255 e. The molecule has 0 saturated carbocycles. The summed E-state index contributed by atoms with van der Waals surface area (Å²) < 4.78 is 2.21. The molecule has 41 heavy (non-hydrogen) atoms. The van der Waals surface area contributed by atoms with Crippen LogP contribution in [0, 0.1) is 5.92 Å². The van der Waals surface area contributed by atoms with Gasteiger partial charge in [0, 0.05) is 35.3 Å². The first-order chi connectivity index (χ1) is 20.0. The topological polar surface area (TPSA) is 67.2 Å². The fourth-order valence-electron chi connectivity index (χ4n) is 6.19. The summed E-state index contributed by atoms with van der Waals surface area (Å²) in [7, 11) is 2.08. The van der Waals surface area contributed by atoms with Crippen LogP contribution in [0.3, 0.4) is 0 Å². The number of carbonyl (C=O) groups excluding carboxylic acids is 2. The van der Waals surface area contributed by atoms with Gasteiger partial charge in [-0.15, -0.1) is 0 Å². The van der Waals surface area contributed by atoms with Crippen LogP contribution in [-0.4, -0.2) is 32.3 Å². The zero-order chi connectivity index (χ0) is 28.5. The van der Waals surface area contributed by atoms with Gasteiger partial charge in [-0.3, -0.25) is 14.6 Å². The molecule has 2 amide bonds. The lowest BCUT2D eigenvalue weighted by Gasteiger charge is -2.34. The highest BCUT2D eigenvalue weighted by Crippen LogP contribution is 2.47. The second-order valence-corrected chi connectivity index (χ2v) is 11.1. The third-order valence-corrected chi connectivity index (χ3v) is 7.97. The van der Waals surface area contributed by atoms with Crippen molar-refractivity contribution in [3.63, 3.8) is 0 Å². The quantitative estimate of drug-likeness (QED) is 0.243. The molecule has 1 aliphatic rings. The zero-order valence-electron chi connectivity index (χ0n) is 23.6. The maximum absolute atomic E-state index is 14.3. The molecule has 206 valence electrons. The molecule has 5 aromatic rings. The third kappa shape index (κ3) is 4.80. The lowest BCUT2D eigenvalue weighted by atomic mass is 9.91. The Kier molecular flexibility index (Phi) is 7.14. The minimum absolute atomic E-state index is 0.115. The predicted molar refractivity (Wildman–Crippen MR) is 162 cm³/mol. The molecule has 0 saturated heterocycles. The number of para-hydroxylation sites is 1. The molecule has 2 unspecified atom stereocenters. The molecule has 2 aromatic heterocycles. The van der Waals surface area contributed by atoms with Crippen LogP contribution in [0.4, 0.5) is 0 Å². The van der Waals surface area contributed by atoms with Gasteiger partial charge >= 0.3 is 0 Å². The lowest BCUT2D eigenvalue weighted by molar-refractivity contribution is -0.126. The van der Waals surface area contributed by atoms with E-state index in [2.05, 4.69) is 60.0 Å². The number of aromatic nitrogens is 2. The Morgan fingerprint density at radius 2 is 1.61 bits per heavy atom. The van der Waals surface area contributed by atoms with Crippen molar-refractivity contribution in [3.8, 4) is 11.3 Å². The summed E-state index contributed by atoms with van der Waals surface area (Å²) in [6.45, 7) is 4.49. The van der Waals surface area contributed by atoms with Gasteiger partial charge in [0.25, 0.3) is 5.91 Å². The van der Waals surface area contributed by atoms with E-state index < -0.39 is 12.1 Å². The van der Waals surface area contributed by atoms with E-state index in [0.717, 1.165) is 39.0 Å². The SMILES string of the molecule is CC(C)CC(C(=O)NCc1ccccn1)N1C(=O)c2ccccc2C1c1c(-c2ccccc2)n(C)c2ccccc12. The van der Waals surface area contributed by atoms with Gasteiger partial charge in [-0.25, -0.2) is 0 Å². The maximum atomic E-state index is 14.3. The minimum atomic E-state index is -0.661. The molecule has 1 aliphatic heterocycles. The van der Waals surface area contributed by atoms with E-state index in [1.54, 1.807) is 6.20 Å². The van der Waals surface area contributed by atoms with Gasteiger partial charge in [-0.1, -0.05) is 86.6 Å². The predicted octanol–water partition coefficient (Wildman–Crippen LogP) is 6.52. The van der Waals surface area contributed by atoms with E-state index in [1.165, 1.54) is 0 Å². The number of carbonyl (C=O) groups is 2. The van der Waals surface area contributed by atoms with Crippen LogP contribution in [0.2, 0.25) is 0 Å². The van der Waals surface area contributed by atoms with Crippen molar-refractivity contribution in [2.75, 3.05) is 0 Å². The summed E-state index contributed by atoms with van der Waals surface area (Å²) in [5, 5.41) is 4.16. The van der Waals surface area contributed by atoms with Crippen molar-refractivity contribution >= 4 is 22.7 Å². The molecular formula is C35H34N4O2. The van der Waals surface area contributed by atoms with E-state index in [9.17, 15) is 9.59 Å². The average molecular weight is 543 g/mol. The Bertz CT molecular complexity index is 1710. The number of hydrogen-bond acceptors (Lipinski definition) is 3. The molecule has 0 fully saturated rings. The van der Waals surface area contributed by atoms with Gasteiger partial charge in [-0.2, -0.15) is 0 Å². The van der Waals surface area contributed by atoms with Gasteiger partial charge in [0.2, 0.25) is 5.91 Å². The van der Waals surface area contributed by atoms with Gasteiger partial charge in [-0.05, 0) is 47.7 Å². The van der Waals surface area contributed by atoms with Gasteiger partial charge in [0.05, 0.1) is 24.0 Å². The number of nitrogens with one attached hydrogen (secondary N) is 1. The van der Waals surface area contributed by atoms with Crippen molar-refractivity contribution in [2.45, 2.75) is 38.9 Å². The van der Waals surface area contributed by atoms with Crippen molar-refractivity contribution in [2.24, 2.45) is 13.0 Å². The number of hydrogen-bond donors (Lipinski definition) is 1. The second-order valence-electron chi connectivity index (χ2n) is 11.1. The second kappa shape index (κ2) is 11.0. The highest BCUT2D eigenvalue weighted by Gasteiger charge is 2.46. The molecule has 0 aliphatic carbocycles. The number of pyridine rings is 1. The number of rotatable bonds is 8. The first kappa shape index (κ1) is 26.5. The lowest BCUT2D eigenvalue weighted by Crippen LogP contribution is -2.49. The van der Waals surface area contributed by atoms with E-state index in [4.69, 9.17) is 0 Å². The third-order valence-electron chi connectivity index (χ3n) is 7.97. The fraction of sp³-hybridized carbons (Fsp3) is 0.229. The first-order valence-electron chi connectivity index (χ1n) is 14.2. The van der Waals surface area contributed by atoms with Crippen LogP contribution < -0.4 is 5.32 Å². The van der Waals surface area contributed by atoms with Crippen LogP contribution in [0.15, 0.2) is 103 Å². The Morgan fingerprint density at radius 1 is 0.902 bits per heavy atom. The summed E-state index contributed by atoms with van der Waals surface area (Å²) in [6, 6.07) is 31.0. The number of nitrogens with zero attached hydrogens (tertiary/aromatic N) is 3. The van der Waals surface area contributed by atoms with Crippen molar-refractivity contribution in [1.82, 2.24) is 19.8 Å². The Balaban J connectivity index is 1.53. The molecule has 2 atom stereocenters. The fourth-order valence-corrected chi connectivity index (χ4v) is 6.19. The standard InChI is InChI=1S/C35H34N4O2/c1-23(2)21-30(34(40)37-22-25-15-11-12-20-36-25)39-33(26-16-7-8-17-27(26)35(39)41)31-28-18-9-10-19-29(28)38(3)32(31)24-13-5-4-6-14-24/h4-20,23,30,33H,21-22H2,1-3H3,(H,37,40). The van der Waals surface area contributed by atoms with Crippen LogP contribution in [0.1, 0.15) is 53.5 Å². The summed E-state index contributed by atoms with van der Waals surface area (Å²) in [4.78, 5) is 34.5. The largest absolute Gasteiger partial charge is 0.349 e. The molecule has 1 N–H and O–H groups in total. The molecule has 6 rings (SSSR count). The monoisotopic (exact) mass is 542 g/mol. The molecule has 0 radical (unpaired) electrons. The number of amides is 2. The number of fused-ring (bicyclic) bond motifs is 2. The first-order valence-corrected chi connectivity index (χ1v) is 14.2. The minimum Gasteiger partial charge on any atom is -0.349 e. The van der Waals surface area contributed by atoms with E-state index in [1.807, 2.05) is 77.7 Å². The normalized spacial score (nSPS) is 15.4. The Labute approximate surface area is 240 Å². The molecule has 0 bridgehead atoms. The van der Waals surface area contributed by atoms with Crippen LogP contribution in [0.5, 0.6) is 0 Å². The molecule has 3 heterocycles. The smallest absolute Gasteiger partial charge is 0.255 e.